The Labute approximate surface area is 61.9 Å². The smallest absolute Gasteiger partial charge is 0.214 e. The maximum Gasteiger partial charge on any atom is 0.214 e. The van der Waals surface area contributed by atoms with Gasteiger partial charge < -0.3 is 9.47 Å². The van der Waals surface area contributed by atoms with Crippen LogP contribution in [0.15, 0.2) is 0 Å². The molecular weight excluding hydrogens is 136 g/mol. The first-order valence-electron chi connectivity index (χ1n) is 3.01. The Morgan fingerprint density at radius 1 is 1.33 bits per heavy atom. The average Bonchev–Trinajstić information content (AvgIpc) is 1.89. The number of ether oxygens (including phenoxy) is 2. The van der Waals surface area contributed by atoms with Crippen LogP contribution in [0.3, 0.4) is 0 Å². The van der Waals surface area contributed by atoms with E-state index >= 15 is 0 Å². The van der Waals surface area contributed by atoms with Crippen molar-refractivity contribution in [3.8, 4) is 0 Å². The van der Waals surface area contributed by atoms with Gasteiger partial charge in [0.1, 0.15) is 0 Å². The van der Waals surface area contributed by atoms with Gasteiger partial charge in [0.2, 0.25) is 5.12 Å². The van der Waals surface area contributed by atoms with E-state index in [-0.39, 0.29) is 0 Å². The molecule has 0 heterocycles. The summed E-state index contributed by atoms with van der Waals surface area (Å²) in [6.45, 7) is 2.06. The predicted octanol–water partition coefficient (Wildman–Crippen LogP) is 1.66. The van der Waals surface area contributed by atoms with Gasteiger partial charge in [-0.1, -0.05) is 13.3 Å². The molecule has 2 nitrogen and oxygen atoms in total. The van der Waals surface area contributed by atoms with Gasteiger partial charge in [0, 0.05) is 20.6 Å². The Balaban J connectivity index is 3.62. The predicted molar refractivity (Wildman–Crippen MR) is 40.6 cm³/mol. The number of rotatable bonds is 4. The van der Waals surface area contributed by atoms with Gasteiger partial charge in [-0.05, 0) is 0 Å². The SMILES string of the molecule is CCCC(S)(OC)OC. The van der Waals surface area contributed by atoms with Crippen molar-refractivity contribution in [2.75, 3.05) is 14.2 Å². The van der Waals surface area contributed by atoms with Crippen LogP contribution in [0.25, 0.3) is 0 Å². The minimum atomic E-state index is -0.672. The first kappa shape index (κ1) is 9.27. The van der Waals surface area contributed by atoms with E-state index in [9.17, 15) is 0 Å². The third-order valence-electron chi connectivity index (χ3n) is 1.20. The number of thiol groups is 1. The molecule has 9 heavy (non-hydrogen) atoms. The second kappa shape index (κ2) is 4.14. The van der Waals surface area contributed by atoms with E-state index in [0.717, 1.165) is 12.8 Å². The van der Waals surface area contributed by atoms with Crippen LogP contribution in [0.1, 0.15) is 19.8 Å². The van der Waals surface area contributed by atoms with Crippen LogP contribution in [0.5, 0.6) is 0 Å². The molecule has 0 amide bonds. The summed E-state index contributed by atoms with van der Waals surface area (Å²) in [5, 5.41) is -0.672. The van der Waals surface area contributed by atoms with Crippen molar-refractivity contribution >= 4 is 12.6 Å². The summed E-state index contributed by atoms with van der Waals surface area (Å²) in [6, 6.07) is 0. The number of hydrogen-bond donors (Lipinski definition) is 1. The first-order chi connectivity index (χ1) is 4.18. The van der Waals surface area contributed by atoms with Gasteiger partial charge in [-0.15, -0.1) is 12.6 Å². The maximum atomic E-state index is 4.97. The molecule has 0 N–H and O–H groups in total. The standard InChI is InChI=1S/C6H14O2S/c1-4-5-6(9,7-2)8-3/h9H,4-5H2,1-3H3. The largest absolute Gasteiger partial charge is 0.345 e. The van der Waals surface area contributed by atoms with Crippen LogP contribution in [-0.2, 0) is 9.47 Å². The van der Waals surface area contributed by atoms with Gasteiger partial charge in [-0.2, -0.15) is 0 Å². The molecule has 0 aromatic rings. The topological polar surface area (TPSA) is 18.5 Å². The van der Waals surface area contributed by atoms with Crippen molar-refractivity contribution in [3.63, 3.8) is 0 Å². The summed E-state index contributed by atoms with van der Waals surface area (Å²) in [7, 11) is 3.18. The van der Waals surface area contributed by atoms with Crippen LogP contribution in [0.2, 0.25) is 0 Å². The highest BCUT2D eigenvalue weighted by atomic mass is 32.1. The van der Waals surface area contributed by atoms with Crippen molar-refractivity contribution in [1.29, 1.82) is 0 Å². The highest BCUT2D eigenvalue weighted by molar-refractivity contribution is 7.81. The van der Waals surface area contributed by atoms with Crippen LogP contribution < -0.4 is 0 Å². The molecule has 0 aromatic carbocycles. The molecule has 0 radical (unpaired) electrons. The van der Waals surface area contributed by atoms with Gasteiger partial charge in [0.15, 0.2) is 0 Å². The van der Waals surface area contributed by atoms with Crippen LogP contribution in [0.4, 0.5) is 0 Å². The number of hydrogen-bond acceptors (Lipinski definition) is 3. The van der Waals surface area contributed by atoms with Gasteiger partial charge in [0.05, 0.1) is 0 Å². The Morgan fingerprint density at radius 3 is 1.89 bits per heavy atom. The summed E-state index contributed by atoms with van der Waals surface area (Å²) >= 11 is 4.15. The van der Waals surface area contributed by atoms with Gasteiger partial charge in [0.25, 0.3) is 0 Å². The lowest BCUT2D eigenvalue weighted by molar-refractivity contribution is -0.136. The Kier molecular flexibility index (Phi) is 4.27. The van der Waals surface area contributed by atoms with Crippen molar-refractivity contribution in [2.24, 2.45) is 0 Å². The summed E-state index contributed by atoms with van der Waals surface area (Å²) in [5.74, 6) is 0. The van der Waals surface area contributed by atoms with Gasteiger partial charge in [-0.25, -0.2) is 0 Å². The van der Waals surface area contributed by atoms with Crippen LogP contribution in [-0.4, -0.2) is 19.3 Å². The van der Waals surface area contributed by atoms with E-state index in [4.69, 9.17) is 9.47 Å². The molecule has 0 unspecified atom stereocenters. The fraction of sp³-hybridized carbons (Fsp3) is 1.00. The third-order valence-corrected chi connectivity index (χ3v) is 1.79. The molecule has 0 fully saturated rings. The molecule has 0 spiro atoms. The first-order valence-corrected chi connectivity index (χ1v) is 3.46. The molecular formula is C6H14O2S. The summed E-state index contributed by atoms with van der Waals surface area (Å²) < 4.78 is 9.94. The number of methoxy groups -OCH3 is 2. The molecule has 0 atom stereocenters. The van der Waals surface area contributed by atoms with Crippen molar-refractivity contribution in [3.05, 3.63) is 0 Å². The fourth-order valence-electron chi connectivity index (χ4n) is 0.603. The van der Waals surface area contributed by atoms with E-state index < -0.39 is 5.12 Å². The van der Waals surface area contributed by atoms with Crippen LogP contribution >= 0.6 is 12.6 Å². The van der Waals surface area contributed by atoms with E-state index in [1.165, 1.54) is 0 Å². The van der Waals surface area contributed by atoms with Crippen molar-refractivity contribution in [1.82, 2.24) is 0 Å². The minimum Gasteiger partial charge on any atom is -0.345 e. The normalized spacial score (nSPS) is 12.0. The zero-order valence-electron chi connectivity index (χ0n) is 6.18. The van der Waals surface area contributed by atoms with Crippen LogP contribution in [0, 0.1) is 0 Å². The molecule has 3 heteroatoms. The monoisotopic (exact) mass is 150 g/mol. The molecule has 56 valence electrons. The van der Waals surface area contributed by atoms with Gasteiger partial charge >= 0.3 is 0 Å². The minimum absolute atomic E-state index is 0.672. The zero-order chi connectivity index (χ0) is 7.33. The second-order valence-electron chi connectivity index (χ2n) is 1.87. The van der Waals surface area contributed by atoms with Crippen molar-refractivity contribution in [2.45, 2.75) is 24.9 Å². The molecule has 0 aliphatic carbocycles. The molecule has 0 saturated heterocycles. The molecule has 0 aliphatic rings. The zero-order valence-corrected chi connectivity index (χ0v) is 7.07. The van der Waals surface area contributed by atoms with Crippen molar-refractivity contribution < 1.29 is 9.47 Å². The molecule has 0 aromatic heterocycles. The third kappa shape index (κ3) is 3.08. The summed E-state index contributed by atoms with van der Waals surface area (Å²) in [4.78, 5) is 0. The molecule has 0 aliphatic heterocycles. The molecule has 0 saturated carbocycles. The molecule has 0 bridgehead atoms. The average molecular weight is 150 g/mol. The quantitative estimate of drug-likeness (QED) is 0.485. The fourth-order valence-corrected chi connectivity index (χ4v) is 0.827. The lowest BCUT2D eigenvalue weighted by atomic mass is 10.3. The molecule has 0 rings (SSSR count). The highest BCUT2D eigenvalue weighted by Gasteiger charge is 2.21. The van der Waals surface area contributed by atoms with E-state index in [0.29, 0.717) is 0 Å². The highest BCUT2D eigenvalue weighted by Crippen LogP contribution is 2.21. The lowest BCUT2D eigenvalue weighted by Gasteiger charge is -2.23. The Bertz CT molecular complexity index is 71.5. The van der Waals surface area contributed by atoms with E-state index in [1.54, 1.807) is 14.2 Å². The van der Waals surface area contributed by atoms with E-state index in [1.807, 2.05) is 0 Å². The lowest BCUT2D eigenvalue weighted by Crippen LogP contribution is -2.25. The summed E-state index contributed by atoms with van der Waals surface area (Å²) in [6.07, 6.45) is 1.81. The van der Waals surface area contributed by atoms with E-state index in [2.05, 4.69) is 19.6 Å². The summed E-state index contributed by atoms with van der Waals surface area (Å²) in [5.41, 5.74) is 0. The Hall–Kier alpha value is 0.270. The Morgan fingerprint density at radius 2 is 1.78 bits per heavy atom. The second-order valence-corrected chi connectivity index (χ2v) is 2.55. The maximum absolute atomic E-state index is 4.97. The van der Waals surface area contributed by atoms with Gasteiger partial charge in [-0.3, -0.25) is 0 Å².